The number of anilines is 1. The zero-order chi connectivity index (χ0) is 21.8. The lowest BCUT2D eigenvalue weighted by Crippen LogP contribution is -2.34. The van der Waals surface area contributed by atoms with E-state index < -0.39 is 6.03 Å². The molecule has 3 aromatic rings. The molecule has 8 nitrogen and oxygen atoms in total. The molecule has 0 aliphatic heterocycles. The first-order chi connectivity index (χ1) is 15.1. The molecule has 1 fully saturated rings. The summed E-state index contributed by atoms with van der Waals surface area (Å²) in [5.74, 6) is 0.760. The van der Waals surface area contributed by atoms with E-state index in [0.29, 0.717) is 29.4 Å². The van der Waals surface area contributed by atoms with Crippen molar-refractivity contribution in [2.45, 2.75) is 32.4 Å². The van der Waals surface area contributed by atoms with E-state index in [1.807, 2.05) is 13.0 Å². The highest BCUT2D eigenvalue weighted by Crippen LogP contribution is 2.36. The van der Waals surface area contributed by atoms with Crippen molar-refractivity contribution in [2.75, 3.05) is 18.5 Å². The van der Waals surface area contributed by atoms with Crippen molar-refractivity contribution in [1.82, 2.24) is 19.7 Å². The van der Waals surface area contributed by atoms with Gasteiger partial charge in [0, 0.05) is 18.2 Å². The fourth-order valence-electron chi connectivity index (χ4n) is 3.32. The highest BCUT2D eigenvalue weighted by molar-refractivity contribution is 5.90. The van der Waals surface area contributed by atoms with Crippen LogP contribution in [0.25, 0.3) is 11.4 Å². The predicted molar refractivity (Wildman–Crippen MR) is 115 cm³/mol. The Kier molecular flexibility index (Phi) is 6.01. The minimum atomic E-state index is -0.402. The van der Waals surface area contributed by atoms with Crippen LogP contribution in [0.15, 0.2) is 53.3 Å². The quantitative estimate of drug-likeness (QED) is 0.579. The van der Waals surface area contributed by atoms with Gasteiger partial charge in [-0.2, -0.15) is 0 Å². The van der Waals surface area contributed by atoms with Gasteiger partial charge in [0.05, 0.1) is 18.8 Å². The Hall–Kier alpha value is -3.62. The molecule has 0 bridgehead atoms. The van der Waals surface area contributed by atoms with E-state index in [9.17, 15) is 14.0 Å². The number of carbonyl (C=O) groups excluding carboxylic acids is 1. The summed E-state index contributed by atoms with van der Waals surface area (Å²) in [5.41, 5.74) is 1.02. The summed E-state index contributed by atoms with van der Waals surface area (Å²) in [4.78, 5) is 25.1. The molecule has 0 radical (unpaired) electrons. The normalized spacial score (nSPS) is 13.1. The summed E-state index contributed by atoms with van der Waals surface area (Å²) >= 11 is 0. The Balaban J connectivity index is 1.42. The van der Waals surface area contributed by atoms with Crippen LogP contribution in [-0.2, 0) is 6.54 Å². The monoisotopic (exact) mass is 425 g/mol. The molecule has 1 aromatic heterocycles. The summed E-state index contributed by atoms with van der Waals surface area (Å²) in [6.45, 7) is 2.79. The summed E-state index contributed by atoms with van der Waals surface area (Å²) < 4.78 is 21.8. The molecule has 0 saturated heterocycles. The second kappa shape index (κ2) is 9.03. The predicted octanol–water partition coefficient (Wildman–Crippen LogP) is 3.41. The number of para-hydroxylation sites is 2. The number of carbonyl (C=O) groups is 1. The maximum absolute atomic E-state index is 13.3. The number of rotatable bonds is 8. The number of nitrogens with zero attached hydrogens (tertiary/aromatic N) is 3. The van der Waals surface area contributed by atoms with Gasteiger partial charge in [-0.05, 0) is 56.2 Å². The van der Waals surface area contributed by atoms with E-state index in [1.54, 1.807) is 34.9 Å². The van der Waals surface area contributed by atoms with Crippen molar-refractivity contribution >= 4 is 11.7 Å². The van der Waals surface area contributed by atoms with Gasteiger partial charge in [-0.25, -0.2) is 18.7 Å². The third-order valence-electron chi connectivity index (χ3n) is 4.93. The summed E-state index contributed by atoms with van der Waals surface area (Å²) in [7, 11) is 0. The topological polar surface area (TPSA) is 90.2 Å². The zero-order valence-corrected chi connectivity index (χ0v) is 17.2. The second-order valence-corrected chi connectivity index (χ2v) is 7.25. The molecule has 2 N–H and O–H groups in total. The van der Waals surface area contributed by atoms with Crippen molar-refractivity contribution in [1.29, 1.82) is 0 Å². The maximum atomic E-state index is 13.3. The number of aromatic nitrogens is 3. The number of benzene rings is 2. The standard InChI is InChI=1S/C22H24FN5O3/c1-2-31-19-6-4-3-5-18(19)25-21(29)24-13-14-27-22(30)28(17-11-12-17)20(26-27)15-7-9-16(23)10-8-15/h3-10,17H,2,11-14H2,1H3,(H2,24,25,29). The van der Waals surface area contributed by atoms with E-state index in [-0.39, 0.29) is 30.6 Å². The maximum Gasteiger partial charge on any atom is 0.346 e. The third kappa shape index (κ3) is 4.76. The first kappa shape index (κ1) is 20.6. The smallest absolute Gasteiger partial charge is 0.346 e. The van der Waals surface area contributed by atoms with Crippen molar-refractivity contribution in [2.24, 2.45) is 0 Å². The van der Waals surface area contributed by atoms with E-state index >= 15 is 0 Å². The second-order valence-electron chi connectivity index (χ2n) is 7.25. The molecule has 0 unspecified atom stereocenters. The van der Waals surface area contributed by atoms with E-state index in [0.717, 1.165) is 12.8 Å². The number of urea groups is 1. The molecule has 4 rings (SSSR count). The van der Waals surface area contributed by atoms with E-state index in [4.69, 9.17) is 4.74 Å². The van der Waals surface area contributed by atoms with E-state index in [2.05, 4.69) is 15.7 Å². The summed E-state index contributed by atoms with van der Waals surface area (Å²) in [6.07, 6.45) is 1.83. The number of ether oxygens (including phenoxy) is 1. The lowest BCUT2D eigenvalue weighted by molar-refractivity contribution is 0.251. The van der Waals surface area contributed by atoms with E-state index in [1.165, 1.54) is 16.8 Å². The third-order valence-corrected chi connectivity index (χ3v) is 4.93. The minimum absolute atomic E-state index is 0.118. The summed E-state index contributed by atoms with van der Waals surface area (Å²) in [5, 5.41) is 9.92. The van der Waals surface area contributed by atoms with Gasteiger partial charge in [0.2, 0.25) is 0 Å². The van der Waals surface area contributed by atoms with Crippen LogP contribution in [0.2, 0.25) is 0 Å². The average Bonchev–Trinajstić information content (AvgIpc) is 3.54. The summed E-state index contributed by atoms with van der Waals surface area (Å²) in [6, 6.07) is 12.8. The molecular weight excluding hydrogens is 401 g/mol. The fourth-order valence-corrected chi connectivity index (χ4v) is 3.32. The number of amides is 2. The van der Waals surface area contributed by atoms with Crippen LogP contribution in [0.3, 0.4) is 0 Å². The molecular formula is C22H24FN5O3. The van der Waals surface area contributed by atoms with Crippen molar-refractivity contribution in [3.8, 4) is 17.1 Å². The Morgan fingerprint density at radius 2 is 1.94 bits per heavy atom. The van der Waals surface area contributed by atoms with Crippen LogP contribution in [0.1, 0.15) is 25.8 Å². The molecule has 1 saturated carbocycles. The molecule has 1 aliphatic rings. The van der Waals surface area contributed by atoms with Crippen LogP contribution in [0, 0.1) is 5.82 Å². The molecule has 1 heterocycles. The molecule has 0 atom stereocenters. The Bertz CT molecular complexity index is 1120. The molecule has 0 spiro atoms. The molecule has 9 heteroatoms. The van der Waals surface area contributed by atoms with Crippen molar-refractivity contribution < 1.29 is 13.9 Å². The number of halogens is 1. The largest absolute Gasteiger partial charge is 0.492 e. The fraction of sp³-hybridized carbons (Fsp3) is 0.318. The van der Waals surface area contributed by atoms with Gasteiger partial charge in [-0.3, -0.25) is 4.57 Å². The SMILES string of the molecule is CCOc1ccccc1NC(=O)NCCn1nc(-c2ccc(F)cc2)n(C2CC2)c1=O. The number of nitrogens with one attached hydrogen (secondary N) is 2. The van der Waals surface area contributed by atoms with Gasteiger partial charge in [-0.1, -0.05) is 12.1 Å². The number of hydrogen-bond acceptors (Lipinski definition) is 4. The first-order valence-corrected chi connectivity index (χ1v) is 10.3. The lowest BCUT2D eigenvalue weighted by atomic mass is 10.2. The molecule has 2 aromatic carbocycles. The van der Waals surface area contributed by atoms with Gasteiger partial charge in [0.15, 0.2) is 5.82 Å². The first-order valence-electron chi connectivity index (χ1n) is 10.3. The zero-order valence-electron chi connectivity index (χ0n) is 17.2. The van der Waals surface area contributed by atoms with Gasteiger partial charge < -0.3 is 15.4 Å². The van der Waals surface area contributed by atoms with Gasteiger partial charge in [0.1, 0.15) is 11.6 Å². The van der Waals surface area contributed by atoms with Crippen LogP contribution < -0.4 is 21.1 Å². The molecule has 2 amide bonds. The van der Waals surface area contributed by atoms with Gasteiger partial charge in [0.25, 0.3) is 0 Å². The minimum Gasteiger partial charge on any atom is -0.492 e. The lowest BCUT2D eigenvalue weighted by Gasteiger charge is -2.11. The van der Waals surface area contributed by atoms with Crippen LogP contribution >= 0.6 is 0 Å². The van der Waals surface area contributed by atoms with Crippen LogP contribution in [0.5, 0.6) is 5.75 Å². The Labute approximate surface area is 178 Å². The van der Waals surface area contributed by atoms with Crippen molar-refractivity contribution in [3.63, 3.8) is 0 Å². The van der Waals surface area contributed by atoms with Crippen LogP contribution in [0.4, 0.5) is 14.9 Å². The van der Waals surface area contributed by atoms with Gasteiger partial charge in [-0.15, -0.1) is 5.10 Å². The average molecular weight is 425 g/mol. The number of hydrogen-bond donors (Lipinski definition) is 2. The highest BCUT2D eigenvalue weighted by atomic mass is 19.1. The Morgan fingerprint density at radius 1 is 1.19 bits per heavy atom. The molecule has 31 heavy (non-hydrogen) atoms. The van der Waals surface area contributed by atoms with Crippen LogP contribution in [-0.4, -0.2) is 33.5 Å². The van der Waals surface area contributed by atoms with Gasteiger partial charge >= 0.3 is 11.7 Å². The highest BCUT2D eigenvalue weighted by Gasteiger charge is 2.30. The molecule has 162 valence electrons. The Morgan fingerprint density at radius 3 is 2.65 bits per heavy atom. The van der Waals surface area contributed by atoms with Crippen molar-refractivity contribution in [3.05, 3.63) is 64.8 Å². The molecule has 1 aliphatic carbocycles.